The summed E-state index contributed by atoms with van der Waals surface area (Å²) in [5.41, 5.74) is -1.14. The Balaban J connectivity index is 2.37. The first-order valence-electron chi connectivity index (χ1n) is 9.52. The summed E-state index contributed by atoms with van der Waals surface area (Å²) in [6.45, 7) is 12.8. The molecule has 0 bridgehead atoms. The summed E-state index contributed by atoms with van der Waals surface area (Å²) in [4.78, 5) is 23.5. The van der Waals surface area contributed by atoms with Crippen LogP contribution in [0, 0.1) is 5.82 Å². The Bertz CT molecular complexity index is 798. The number of rotatable bonds is 5. The Labute approximate surface area is 171 Å². The SMILES string of the molecule is CC(C)(C)OC(=O)NCC(=Cc1c(F)cccc1C=O)B1OC(C)(C)C(C)(C)O1. The smallest absolute Gasteiger partial charge is 0.444 e. The standard InChI is InChI=1S/C21H29BFNO5/c1-19(2,3)27-18(26)24-12-15(22-28-20(4,5)21(6,7)29-22)11-16-14(13-25)9-8-10-17(16)23/h8-11,13H,12H2,1-7H3,(H,24,26). The van der Waals surface area contributed by atoms with Gasteiger partial charge in [-0.15, -0.1) is 0 Å². The summed E-state index contributed by atoms with van der Waals surface area (Å²) < 4.78 is 31.8. The molecule has 0 saturated carbocycles. The van der Waals surface area contributed by atoms with Crippen molar-refractivity contribution < 1.29 is 28.0 Å². The highest BCUT2D eigenvalue weighted by Gasteiger charge is 2.52. The highest BCUT2D eigenvalue weighted by Crippen LogP contribution is 2.39. The first-order chi connectivity index (χ1) is 13.3. The monoisotopic (exact) mass is 405 g/mol. The largest absolute Gasteiger partial charge is 0.492 e. The summed E-state index contributed by atoms with van der Waals surface area (Å²) in [6.07, 6.45) is 1.44. The van der Waals surface area contributed by atoms with E-state index in [1.54, 1.807) is 20.8 Å². The lowest BCUT2D eigenvalue weighted by Crippen LogP contribution is -2.41. The normalized spacial score (nSPS) is 18.5. The molecule has 0 radical (unpaired) electrons. The first kappa shape index (κ1) is 23.1. The van der Waals surface area contributed by atoms with Gasteiger partial charge in [-0.05, 0) is 60.0 Å². The van der Waals surface area contributed by atoms with E-state index < -0.39 is 35.8 Å². The Kier molecular flexibility index (Phi) is 6.60. The van der Waals surface area contributed by atoms with Gasteiger partial charge in [-0.25, -0.2) is 9.18 Å². The maximum absolute atomic E-state index is 14.4. The van der Waals surface area contributed by atoms with Gasteiger partial charge in [0.15, 0.2) is 6.29 Å². The lowest BCUT2D eigenvalue weighted by Gasteiger charge is -2.32. The molecule has 1 heterocycles. The van der Waals surface area contributed by atoms with E-state index in [-0.39, 0.29) is 17.7 Å². The van der Waals surface area contributed by atoms with Crippen molar-refractivity contribution in [3.63, 3.8) is 0 Å². The molecule has 1 aliphatic heterocycles. The predicted octanol–water partition coefficient (Wildman–Crippen LogP) is 4.18. The summed E-state index contributed by atoms with van der Waals surface area (Å²) in [5, 5.41) is 2.65. The molecule has 0 unspecified atom stereocenters. The van der Waals surface area contributed by atoms with Crippen molar-refractivity contribution in [1.29, 1.82) is 0 Å². The number of ether oxygens (including phenoxy) is 1. The fourth-order valence-corrected chi connectivity index (χ4v) is 2.68. The maximum Gasteiger partial charge on any atom is 0.492 e. The molecule has 0 aliphatic carbocycles. The third-order valence-electron chi connectivity index (χ3n) is 4.94. The number of amides is 1. The number of halogens is 1. The third-order valence-corrected chi connectivity index (χ3v) is 4.94. The second kappa shape index (κ2) is 8.28. The van der Waals surface area contributed by atoms with Crippen LogP contribution in [-0.4, -0.2) is 42.8 Å². The van der Waals surface area contributed by atoms with E-state index >= 15 is 0 Å². The topological polar surface area (TPSA) is 73.9 Å². The number of nitrogens with one attached hydrogen (secondary N) is 1. The van der Waals surface area contributed by atoms with Gasteiger partial charge in [0.25, 0.3) is 0 Å². The lowest BCUT2D eigenvalue weighted by atomic mass is 9.76. The molecule has 1 aromatic carbocycles. The van der Waals surface area contributed by atoms with Crippen molar-refractivity contribution in [3.8, 4) is 0 Å². The molecule has 1 amide bonds. The van der Waals surface area contributed by atoms with E-state index in [9.17, 15) is 14.0 Å². The van der Waals surface area contributed by atoms with E-state index in [1.165, 1.54) is 24.3 Å². The molecule has 1 aliphatic rings. The van der Waals surface area contributed by atoms with Gasteiger partial charge in [0, 0.05) is 17.7 Å². The van der Waals surface area contributed by atoms with Crippen LogP contribution in [0.1, 0.15) is 64.4 Å². The van der Waals surface area contributed by atoms with Crippen LogP contribution in [0.5, 0.6) is 0 Å². The zero-order chi connectivity index (χ0) is 22.0. The molecule has 29 heavy (non-hydrogen) atoms. The Morgan fingerprint density at radius 3 is 2.31 bits per heavy atom. The quantitative estimate of drug-likeness (QED) is 0.588. The van der Waals surface area contributed by atoms with Crippen molar-refractivity contribution >= 4 is 25.6 Å². The second-order valence-electron chi connectivity index (χ2n) is 9.02. The van der Waals surface area contributed by atoms with Crippen LogP contribution in [0.15, 0.2) is 23.7 Å². The third kappa shape index (κ3) is 5.67. The minimum atomic E-state index is -0.825. The van der Waals surface area contributed by atoms with E-state index in [0.717, 1.165) is 0 Å². The van der Waals surface area contributed by atoms with Crippen molar-refractivity contribution in [3.05, 3.63) is 40.6 Å². The molecule has 1 saturated heterocycles. The van der Waals surface area contributed by atoms with Gasteiger partial charge in [-0.1, -0.05) is 18.2 Å². The average molecular weight is 405 g/mol. The summed E-state index contributed by atoms with van der Waals surface area (Å²) >= 11 is 0. The number of carbonyl (C=O) groups is 2. The zero-order valence-electron chi connectivity index (χ0n) is 18.1. The number of aldehydes is 1. The highest BCUT2D eigenvalue weighted by atomic mass is 19.1. The summed E-state index contributed by atoms with van der Waals surface area (Å²) in [7, 11) is -0.825. The van der Waals surface area contributed by atoms with Crippen LogP contribution in [0.2, 0.25) is 0 Å². The van der Waals surface area contributed by atoms with Crippen molar-refractivity contribution in [2.24, 2.45) is 0 Å². The molecular weight excluding hydrogens is 376 g/mol. The minimum absolute atomic E-state index is 0.00162. The van der Waals surface area contributed by atoms with Gasteiger partial charge in [-0.3, -0.25) is 4.79 Å². The number of benzene rings is 1. The molecule has 0 atom stereocenters. The first-order valence-corrected chi connectivity index (χ1v) is 9.52. The van der Waals surface area contributed by atoms with E-state index in [4.69, 9.17) is 14.0 Å². The zero-order valence-corrected chi connectivity index (χ0v) is 18.1. The molecular formula is C21H29BFNO5. The van der Waals surface area contributed by atoms with Gasteiger partial charge in [0.1, 0.15) is 11.4 Å². The van der Waals surface area contributed by atoms with Crippen LogP contribution in [0.4, 0.5) is 9.18 Å². The predicted molar refractivity (Wildman–Crippen MR) is 110 cm³/mol. The number of alkyl carbamates (subject to hydrolysis) is 1. The number of hydrogen-bond donors (Lipinski definition) is 1. The van der Waals surface area contributed by atoms with Gasteiger partial charge < -0.3 is 19.4 Å². The fraction of sp³-hybridized carbons (Fsp3) is 0.524. The Morgan fingerprint density at radius 1 is 1.21 bits per heavy atom. The number of hydrogen-bond acceptors (Lipinski definition) is 5. The second-order valence-corrected chi connectivity index (χ2v) is 9.02. The van der Waals surface area contributed by atoms with Gasteiger partial charge >= 0.3 is 13.2 Å². The average Bonchev–Trinajstić information content (AvgIpc) is 2.78. The van der Waals surface area contributed by atoms with Crippen molar-refractivity contribution in [1.82, 2.24) is 5.32 Å². The molecule has 1 fully saturated rings. The van der Waals surface area contributed by atoms with Crippen LogP contribution in [0.3, 0.4) is 0 Å². The van der Waals surface area contributed by atoms with Gasteiger partial charge in [0.2, 0.25) is 0 Å². The molecule has 1 N–H and O–H groups in total. The van der Waals surface area contributed by atoms with Gasteiger partial charge in [-0.2, -0.15) is 0 Å². The number of carbonyl (C=O) groups excluding carboxylic acids is 2. The Hall–Kier alpha value is -2.19. The van der Waals surface area contributed by atoms with E-state index in [2.05, 4.69) is 5.32 Å². The molecule has 1 aromatic rings. The van der Waals surface area contributed by atoms with Gasteiger partial charge in [0.05, 0.1) is 11.2 Å². The van der Waals surface area contributed by atoms with Crippen LogP contribution in [-0.2, 0) is 14.0 Å². The molecule has 6 nitrogen and oxygen atoms in total. The highest BCUT2D eigenvalue weighted by molar-refractivity contribution is 6.56. The molecule has 0 aromatic heterocycles. The minimum Gasteiger partial charge on any atom is -0.444 e. The van der Waals surface area contributed by atoms with Crippen LogP contribution >= 0.6 is 0 Å². The fourth-order valence-electron chi connectivity index (χ4n) is 2.68. The van der Waals surface area contributed by atoms with Crippen molar-refractivity contribution in [2.45, 2.75) is 65.3 Å². The maximum atomic E-state index is 14.4. The van der Waals surface area contributed by atoms with E-state index in [1.807, 2.05) is 27.7 Å². The summed E-state index contributed by atoms with van der Waals surface area (Å²) in [5.74, 6) is -0.555. The van der Waals surface area contributed by atoms with E-state index in [0.29, 0.717) is 11.8 Å². The molecule has 0 spiro atoms. The summed E-state index contributed by atoms with van der Waals surface area (Å²) in [6, 6.07) is 4.25. The Morgan fingerprint density at radius 2 is 1.79 bits per heavy atom. The van der Waals surface area contributed by atoms with Crippen LogP contribution < -0.4 is 5.32 Å². The van der Waals surface area contributed by atoms with Crippen LogP contribution in [0.25, 0.3) is 6.08 Å². The molecule has 8 heteroatoms. The lowest BCUT2D eigenvalue weighted by molar-refractivity contribution is 0.00578. The molecule has 158 valence electrons. The van der Waals surface area contributed by atoms with Crippen molar-refractivity contribution in [2.75, 3.05) is 6.54 Å². The molecule has 2 rings (SSSR count).